The second kappa shape index (κ2) is 8.51. The third-order valence-corrected chi connectivity index (χ3v) is 6.50. The van der Waals surface area contributed by atoms with Gasteiger partial charge in [-0.15, -0.1) is 0 Å². The molecule has 1 N–H and O–H groups in total. The van der Waals surface area contributed by atoms with Gasteiger partial charge in [-0.1, -0.05) is 30.3 Å². The zero-order chi connectivity index (χ0) is 23.8. The summed E-state index contributed by atoms with van der Waals surface area (Å²) in [5.41, 5.74) is 1.02. The lowest BCUT2D eigenvalue weighted by Gasteiger charge is -2.31. The maximum Gasteiger partial charge on any atom is 0.417 e. The molecule has 1 aromatic heterocycles. The summed E-state index contributed by atoms with van der Waals surface area (Å²) in [6.07, 6.45) is -2.27. The molecule has 0 saturated heterocycles. The highest BCUT2D eigenvalue weighted by Crippen LogP contribution is 2.33. The van der Waals surface area contributed by atoms with Crippen LogP contribution in [0, 0.1) is 0 Å². The number of sulfone groups is 1. The van der Waals surface area contributed by atoms with E-state index in [0.29, 0.717) is 19.5 Å². The molecular formula is C23H20F3N3O3S. The predicted octanol–water partition coefficient (Wildman–Crippen LogP) is 4.32. The number of pyridine rings is 1. The van der Waals surface area contributed by atoms with Crippen molar-refractivity contribution in [3.63, 3.8) is 0 Å². The Bertz CT molecular complexity index is 1320. The number of carbonyl (C=O) groups excluding carboxylic acids is 1. The van der Waals surface area contributed by atoms with E-state index in [0.717, 1.165) is 29.6 Å². The Hall–Kier alpha value is -3.40. The minimum absolute atomic E-state index is 0.0182. The van der Waals surface area contributed by atoms with Crippen LogP contribution in [0.3, 0.4) is 0 Å². The average molecular weight is 475 g/mol. The molecule has 3 aromatic rings. The van der Waals surface area contributed by atoms with Crippen LogP contribution in [0.5, 0.6) is 0 Å². The van der Waals surface area contributed by atoms with Crippen LogP contribution in [0.4, 0.5) is 24.7 Å². The van der Waals surface area contributed by atoms with Gasteiger partial charge in [0, 0.05) is 31.2 Å². The lowest BCUT2D eigenvalue weighted by Crippen LogP contribution is -2.33. The van der Waals surface area contributed by atoms with Crippen LogP contribution in [0.25, 0.3) is 0 Å². The maximum atomic E-state index is 13.4. The molecule has 4 rings (SSSR count). The summed E-state index contributed by atoms with van der Waals surface area (Å²) in [7, 11) is -3.53. The van der Waals surface area contributed by atoms with Crippen molar-refractivity contribution in [3.05, 3.63) is 83.0 Å². The van der Waals surface area contributed by atoms with Gasteiger partial charge in [-0.05, 0) is 41.8 Å². The van der Waals surface area contributed by atoms with Crippen LogP contribution in [0.15, 0.2) is 65.7 Å². The Balaban J connectivity index is 1.71. The van der Waals surface area contributed by atoms with Gasteiger partial charge in [0.1, 0.15) is 5.82 Å². The maximum absolute atomic E-state index is 13.4. The van der Waals surface area contributed by atoms with Gasteiger partial charge in [0.05, 0.1) is 16.0 Å². The highest BCUT2D eigenvalue weighted by molar-refractivity contribution is 7.90. The number of aromatic nitrogens is 1. The zero-order valence-electron chi connectivity index (χ0n) is 17.6. The Morgan fingerprint density at radius 2 is 1.79 bits per heavy atom. The van der Waals surface area contributed by atoms with E-state index in [2.05, 4.69) is 10.3 Å². The Morgan fingerprint density at radius 3 is 2.48 bits per heavy atom. The summed E-state index contributed by atoms with van der Waals surface area (Å²) in [5, 5.41) is 2.51. The normalized spacial score (nSPS) is 14.0. The molecule has 2 aromatic carbocycles. The fraction of sp³-hybridized carbons (Fsp3) is 0.217. The standard InChI is InChI=1S/C23H20F3N3O3S/c1-33(31,32)19-8-4-7-18(12-19)28-22(30)20-11-17(23(24,25)26)13-27-21(20)29-10-9-15-5-2-3-6-16(15)14-29/h2-8,11-13H,9-10,14H2,1H3,(H,28,30). The smallest absolute Gasteiger partial charge is 0.351 e. The van der Waals surface area contributed by atoms with Gasteiger partial charge in [-0.25, -0.2) is 13.4 Å². The van der Waals surface area contributed by atoms with E-state index in [-0.39, 0.29) is 22.0 Å². The van der Waals surface area contributed by atoms with Crippen LogP contribution >= 0.6 is 0 Å². The summed E-state index contributed by atoms with van der Waals surface area (Å²) in [4.78, 5) is 18.8. The van der Waals surface area contributed by atoms with Crippen LogP contribution in [-0.2, 0) is 29.0 Å². The summed E-state index contributed by atoms with van der Waals surface area (Å²) in [6, 6.07) is 14.0. The highest BCUT2D eigenvalue weighted by atomic mass is 32.2. The molecule has 0 unspecified atom stereocenters. The van der Waals surface area contributed by atoms with Crippen molar-refractivity contribution in [2.45, 2.75) is 24.0 Å². The quantitative estimate of drug-likeness (QED) is 0.608. The SMILES string of the molecule is CS(=O)(=O)c1cccc(NC(=O)c2cc(C(F)(F)F)cnc2N2CCc3ccccc3C2)c1. The Labute approximate surface area is 189 Å². The molecule has 172 valence electrons. The first kappa shape index (κ1) is 22.8. The number of rotatable bonds is 4. The third kappa shape index (κ3) is 5.00. The van der Waals surface area contributed by atoms with Crippen molar-refractivity contribution in [1.29, 1.82) is 0 Å². The summed E-state index contributed by atoms with van der Waals surface area (Å²) in [5.74, 6) is -0.678. The molecule has 0 aliphatic carbocycles. The van der Waals surface area contributed by atoms with Gasteiger partial charge < -0.3 is 10.2 Å². The summed E-state index contributed by atoms with van der Waals surface area (Å²) < 4.78 is 63.7. The number of hydrogen-bond acceptors (Lipinski definition) is 5. The number of halogens is 3. The highest BCUT2D eigenvalue weighted by Gasteiger charge is 2.33. The van der Waals surface area contributed by atoms with E-state index in [1.165, 1.54) is 24.3 Å². The number of nitrogens with zero attached hydrogens (tertiary/aromatic N) is 2. The zero-order valence-corrected chi connectivity index (χ0v) is 18.4. The minimum atomic E-state index is -4.68. The fourth-order valence-electron chi connectivity index (χ4n) is 3.71. The van der Waals surface area contributed by atoms with E-state index in [1.807, 2.05) is 24.3 Å². The second-order valence-electron chi connectivity index (χ2n) is 7.79. The molecule has 6 nitrogen and oxygen atoms in total. The van der Waals surface area contributed by atoms with Crippen molar-refractivity contribution >= 4 is 27.2 Å². The van der Waals surface area contributed by atoms with Gasteiger partial charge in [-0.2, -0.15) is 13.2 Å². The molecule has 0 bridgehead atoms. The van der Waals surface area contributed by atoms with E-state index in [9.17, 15) is 26.4 Å². The molecule has 0 atom stereocenters. The lowest BCUT2D eigenvalue weighted by molar-refractivity contribution is -0.137. The number of anilines is 2. The molecule has 33 heavy (non-hydrogen) atoms. The van der Waals surface area contributed by atoms with Crippen molar-refractivity contribution in [2.75, 3.05) is 23.0 Å². The lowest BCUT2D eigenvalue weighted by atomic mass is 9.99. The third-order valence-electron chi connectivity index (χ3n) is 5.39. The van der Waals surface area contributed by atoms with E-state index < -0.39 is 27.5 Å². The van der Waals surface area contributed by atoms with Crippen LogP contribution in [0.2, 0.25) is 0 Å². The fourth-order valence-corrected chi connectivity index (χ4v) is 4.38. The molecule has 1 aliphatic rings. The van der Waals surface area contributed by atoms with Gasteiger partial charge in [0.2, 0.25) is 0 Å². The Morgan fingerprint density at radius 1 is 1.06 bits per heavy atom. The number of nitrogens with one attached hydrogen (secondary N) is 1. The molecular weight excluding hydrogens is 455 g/mol. The molecule has 2 heterocycles. The first-order valence-electron chi connectivity index (χ1n) is 10.0. The number of benzene rings is 2. The van der Waals surface area contributed by atoms with Crippen LogP contribution in [-0.4, -0.2) is 32.1 Å². The monoisotopic (exact) mass is 475 g/mol. The molecule has 0 saturated carbocycles. The van der Waals surface area contributed by atoms with Crippen molar-refractivity contribution in [2.24, 2.45) is 0 Å². The van der Waals surface area contributed by atoms with E-state index in [4.69, 9.17) is 0 Å². The first-order valence-corrected chi connectivity index (χ1v) is 11.9. The second-order valence-corrected chi connectivity index (χ2v) is 9.80. The van der Waals surface area contributed by atoms with E-state index in [1.54, 1.807) is 4.90 Å². The Kier molecular flexibility index (Phi) is 5.87. The van der Waals surface area contributed by atoms with Gasteiger partial charge >= 0.3 is 6.18 Å². The molecule has 1 amide bonds. The van der Waals surface area contributed by atoms with Crippen LogP contribution in [0.1, 0.15) is 27.0 Å². The number of amides is 1. The van der Waals surface area contributed by atoms with Crippen LogP contribution < -0.4 is 10.2 Å². The molecule has 10 heteroatoms. The molecule has 0 fully saturated rings. The van der Waals surface area contributed by atoms with Crippen molar-refractivity contribution in [1.82, 2.24) is 4.98 Å². The molecule has 1 aliphatic heterocycles. The number of carbonyl (C=O) groups is 1. The number of hydrogen-bond donors (Lipinski definition) is 1. The number of alkyl halides is 3. The molecule has 0 radical (unpaired) electrons. The summed E-state index contributed by atoms with van der Waals surface area (Å²) in [6.45, 7) is 0.887. The average Bonchev–Trinajstić information content (AvgIpc) is 2.77. The topological polar surface area (TPSA) is 79.4 Å². The summed E-state index contributed by atoms with van der Waals surface area (Å²) >= 11 is 0. The minimum Gasteiger partial charge on any atom is -0.351 e. The van der Waals surface area contributed by atoms with Crippen molar-refractivity contribution in [3.8, 4) is 0 Å². The first-order chi connectivity index (χ1) is 15.5. The van der Waals surface area contributed by atoms with Gasteiger partial charge in [0.15, 0.2) is 9.84 Å². The predicted molar refractivity (Wildman–Crippen MR) is 118 cm³/mol. The number of fused-ring (bicyclic) bond motifs is 1. The van der Waals surface area contributed by atoms with E-state index >= 15 is 0 Å². The van der Waals surface area contributed by atoms with Crippen molar-refractivity contribution < 1.29 is 26.4 Å². The van der Waals surface area contributed by atoms with Gasteiger partial charge in [0.25, 0.3) is 5.91 Å². The van der Waals surface area contributed by atoms with Gasteiger partial charge in [-0.3, -0.25) is 4.79 Å². The molecule has 0 spiro atoms. The largest absolute Gasteiger partial charge is 0.417 e.